The fourth-order valence-electron chi connectivity index (χ4n) is 3.34. The Morgan fingerprint density at radius 2 is 2.19 bits per heavy atom. The van der Waals surface area contributed by atoms with Gasteiger partial charge in [0.25, 0.3) is 5.91 Å². The van der Waals surface area contributed by atoms with Crippen LogP contribution >= 0.6 is 0 Å². The van der Waals surface area contributed by atoms with Crippen LogP contribution in [0.5, 0.6) is 0 Å². The third-order valence-corrected chi connectivity index (χ3v) is 4.55. The number of aryl methyl sites for hydroxylation is 1. The van der Waals surface area contributed by atoms with Crippen LogP contribution in [-0.2, 0) is 4.79 Å². The largest absolute Gasteiger partial charge is 0.398 e. The van der Waals surface area contributed by atoms with Gasteiger partial charge in [-0.25, -0.2) is 0 Å². The number of benzene rings is 1. The van der Waals surface area contributed by atoms with Crippen molar-refractivity contribution in [3.8, 4) is 0 Å². The second-order valence-corrected chi connectivity index (χ2v) is 6.10. The van der Waals surface area contributed by atoms with Crippen molar-refractivity contribution in [2.45, 2.75) is 32.2 Å². The van der Waals surface area contributed by atoms with Gasteiger partial charge in [0.05, 0.1) is 5.56 Å². The van der Waals surface area contributed by atoms with Crippen molar-refractivity contribution in [2.24, 2.45) is 5.92 Å². The number of nitrogen functional groups attached to an aromatic ring is 1. The molecule has 112 valence electrons. The number of carbonyl (C=O) groups excluding carboxylic acids is 2. The maximum atomic E-state index is 12.6. The fraction of sp³-hybridized carbons (Fsp3) is 0.500. The molecular weight excluding hydrogens is 266 g/mol. The molecule has 0 saturated carbocycles. The Morgan fingerprint density at radius 3 is 2.95 bits per heavy atom. The van der Waals surface area contributed by atoms with Crippen molar-refractivity contribution in [3.05, 3.63) is 29.3 Å². The van der Waals surface area contributed by atoms with Crippen LogP contribution in [0.4, 0.5) is 5.69 Å². The van der Waals surface area contributed by atoms with Gasteiger partial charge in [0.1, 0.15) is 0 Å². The van der Waals surface area contributed by atoms with Crippen molar-refractivity contribution in [1.82, 2.24) is 10.2 Å². The number of hydrogen-bond donors (Lipinski definition) is 2. The number of carbonyl (C=O) groups is 2. The molecule has 2 aliphatic heterocycles. The van der Waals surface area contributed by atoms with Gasteiger partial charge in [-0.1, -0.05) is 6.07 Å². The average Bonchev–Trinajstić information content (AvgIpc) is 2.46. The van der Waals surface area contributed by atoms with Crippen LogP contribution in [0.25, 0.3) is 0 Å². The minimum absolute atomic E-state index is 0.00264. The number of piperidine rings is 2. The Kier molecular flexibility index (Phi) is 3.57. The second-order valence-electron chi connectivity index (χ2n) is 6.10. The smallest absolute Gasteiger partial charge is 0.255 e. The van der Waals surface area contributed by atoms with Gasteiger partial charge in [-0.05, 0) is 43.4 Å². The van der Waals surface area contributed by atoms with E-state index in [1.807, 2.05) is 30.0 Å². The lowest BCUT2D eigenvalue weighted by Crippen LogP contribution is -2.55. The topological polar surface area (TPSA) is 75.4 Å². The molecule has 0 bridgehead atoms. The molecule has 0 aliphatic carbocycles. The molecule has 0 aromatic heterocycles. The highest BCUT2D eigenvalue weighted by Gasteiger charge is 2.35. The number of nitrogens with zero attached hydrogens (tertiary/aromatic N) is 1. The third kappa shape index (κ3) is 2.73. The normalized spacial score (nSPS) is 25.2. The number of nitrogens with two attached hydrogens (primary N) is 1. The zero-order valence-electron chi connectivity index (χ0n) is 12.3. The van der Waals surface area contributed by atoms with Crippen molar-refractivity contribution in [3.63, 3.8) is 0 Å². The van der Waals surface area contributed by atoms with Crippen molar-refractivity contribution < 1.29 is 9.59 Å². The second kappa shape index (κ2) is 5.39. The summed E-state index contributed by atoms with van der Waals surface area (Å²) in [5.41, 5.74) is 8.15. The first-order valence-corrected chi connectivity index (χ1v) is 7.49. The lowest BCUT2D eigenvalue weighted by atomic mass is 9.85. The summed E-state index contributed by atoms with van der Waals surface area (Å²) in [5, 5.41) is 3.03. The van der Waals surface area contributed by atoms with Gasteiger partial charge >= 0.3 is 0 Å². The molecular formula is C16H21N3O2. The summed E-state index contributed by atoms with van der Waals surface area (Å²) in [6.45, 7) is 3.34. The number of amides is 2. The predicted octanol–water partition coefficient (Wildman–Crippen LogP) is 1.32. The van der Waals surface area contributed by atoms with E-state index in [1.54, 1.807) is 0 Å². The standard InChI is InChI=1S/C16H21N3O2/c1-10-2-4-12(13(17)8-10)16(21)19-7-6-14-11(9-19)3-5-15(20)18-14/h2,4,8,11,14H,3,5-7,9,17H2,1H3,(H,18,20). The molecule has 1 aromatic rings. The van der Waals surface area contributed by atoms with Gasteiger partial charge in [0, 0.05) is 31.2 Å². The SMILES string of the molecule is Cc1ccc(C(=O)N2CCC3NC(=O)CCC3C2)c(N)c1. The molecule has 2 heterocycles. The van der Waals surface area contributed by atoms with Gasteiger partial charge in [0.2, 0.25) is 5.91 Å². The highest BCUT2D eigenvalue weighted by atomic mass is 16.2. The Labute approximate surface area is 124 Å². The first-order valence-electron chi connectivity index (χ1n) is 7.49. The van der Waals surface area contributed by atoms with Gasteiger partial charge < -0.3 is 16.0 Å². The summed E-state index contributed by atoms with van der Waals surface area (Å²) < 4.78 is 0. The molecule has 2 fully saturated rings. The van der Waals surface area contributed by atoms with E-state index >= 15 is 0 Å². The van der Waals surface area contributed by atoms with E-state index in [1.165, 1.54) is 0 Å². The summed E-state index contributed by atoms with van der Waals surface area (Å²) in [6.07, 6.45) is 2.26. The van der Waals surface area contributed by atoms with E-state index in [4.69, 9.17) is 5.73 Å². The van der Waals surface area contributed by atoms with E-state index in [0.29, 0.717) is 36.7 Å². The Morgan fingerprint density at radius 1 is 1.38 bits per heavy atom. The maximum absolute atomic E-state index is 12.6. The molecule has 5 heteroatoms. The number of rotatable bonds is 1. The average molecular weight is 287 g/mol. The molecule has 0 spiro atoms. The van der Waals surface area contributed by atoms with Crippen LogP contribution < -0.4 is 11.1 Å². The monoisotopic (exact) mass is 287 g/mol. The first kappa shape index (κ1) is 13.9. The Hall–Kier alpha value is -2.04. The van der Waals surface area contributed by atoms with Crippen molar-refractivity contribution in [2.75, 3.05) is 18.8 Å². The highest BCUT2D eigenvalue weighted by Crippen LogP contribution is 2.27. The molecule has 21 heavy (non-hydrogen) atoms. The Balaban J connectivity index is 1.73. The first-order chi connectivity index (χ1) is 10.0. The number of hydrogen-bond acceptors (Lipinski definition) is 3. The minimum atomic E-state index is 0.00264. The molecule has 3 N–H and O–H groups in total. The molecule has 2 unspecified atom stereocenters. The fourth-order valence-corrected chi connectivity index (χ4v) is 3.34. The molecule has 1 aromatic carbocycles. The molecule has 2 saturated heterocycles. The Bertz CT molecular complexity index is 585. The summed E-state index contributed by atoms with van der Waals surface area (Å²) in [6, 6.07) is 5.78. The van der Waals surface area contributed by atoms with Gasteiger partial charge in [-0.2, -0.15) is 0 Å². The zero-order chi connectivity index (χ0) is 15.0. The van der Waals surface area contributed by atoms with Gasteiger partial charge in [-0.15, -0.1) is 0 Å². The molecule has 0 radical (unpaired) electrons. The number of nitrogens with one attached hydrogen (secondary N) is 1. The quantitative estimate of drug-likeness (QED) is 0.765. The van der Waals surface area contributed by atoms with Crippen molar-refractivity contribution >= 4 is 17.5 Å². The van der Waals surface area contributed by atoms with E-state index in [0.717, 1.165) is 18.4 Å². The third-order valence-electron chi connectivity index (χ3n) is 4.55. The van der Waals surface area contributed by atoms with Gasteiger partial charge in [0.15, 0.2) is 0 Å². The van der Waals surface area contributed by atoms with Crippen LogP contribution in [0.3, 0.4) is 0 Å². The number of likely N-dealkylation sites (tertiary alicyclic amines) is 1. The van der Waals surface area contributed by atoms with E-state index in [-0.39, 0.29) is 17.9 Å². The maximum Gasteiger partial charge on any atom is 0.255 e. The van der Waals surface area contributed by atoms with E-state index in [2.05, 4.69) is 5.32 Å². The molecule has 2 aliphatic rings. The molecule has 5 nitrogen and oxygen atoms in total. The van der Waals surface area contributed by atoms with Crippen LogP contribution in [0, 0.1) is 12.8 Å². The lowest BCUT2D eigenvalue weighted by molar-refractivity contribution is -0.125. The lowest BCUT2D eigenvalue weighted by Gasteiger charge is -2.41. The summed E-state index contributed by atoms with van der Waals surface area (Å²) in [7, 11) is 0. The summed E-state index contributed by atoms with van der Waals surface area (Å²) in [5.74, 6) is 0.508. The molecule has 2 atom stereocenters. The van der Waals surface area contributed by atoms with E-state index < -0.39 is 0 Å². The van der Waals surface area contributed by atoms with Crippen LogP contribution in [0.15, 0.2) is 18.2 Å². The minimum Gasteiger partial charge on any atom is -0.398 e. The highest BCUT2D eigenvalue weighted by molar-refractivity contribution is 5.99. The summed E-state index contributed by atoms with van der Waals surface area (Å²) >= 11 is 0. The summed E-state index contributed by atoms with van der Waals surface area (Å²) in [4.78, 5) is 25.9. The predicted molar refractivity (Wildman–Crippen MR) is 80.8 cm³/mol. The van der Waals surface area contributed by atoms with Crippen LogP contribution in [0.2, 0.25) is 0 Å². The van der Waals surface area contributed by atoms with Crippen LogP contribution in [-0.4, -0.2) is 35.8 Å². The molecule has 3 rings (SSSR count). The molecule has 2 amide bonds. The van der Waals surface area contributed by atoms with Gasteiger partial charge in [-0.3, -0.25) is 9.59 Å². The van der Waals surface area contributed by atoms with Crippen LogP contribution in [0.1, 0.15) is 35.2 Å². The number of fused-ring (bicyclic) bond motifs is 1. The number of anilines is 1. The zero-order valence-corrected chi connectivity index (χ0v) is 12.3. The van der Waals surface area contributed by atoms with Crippen molar-refractivity contribution in [1.29, 1.82) is 0 Å². The van der Waals surface area contributed by atoms with E-state index in [9.17, 15) is 9.59 Å².